The van der Waals surface area contributed by atoms with Crippen LogP contribution in [0.25, 0.3) is 11.0 Å². The maximum atomic E-state index is 12.3. The van der Waals surface area contributed by atoms with Crippen LogP contribution in [-0.4, -0.2) is 37.2 Å². The number of carbonyl (C=O) groups is 1. The zero-order valence-electron chi connectivity index (χ0n) is 14.1. The van der Waals surface area contributed by atoms with Crippen LogP contribution in [0, 0.1) is 0 Å². The average Bonchev–Trinajstić information content (AvgIpc) is 3.31. The number of nitrogens with one attached hydrogen (secondary N) is 2. The summed E-state index contributed by atoms with van der Waals surface area (Å²) in [4.78, 5) is 24.0. The molecule has 2 heterocycles. The Morgan fingerprint density at radius 3 is 2.73 bits per heavy atom. The van der Waals surface area contributed by atoms with Crippen molar-refractivity contribution in [3.63, 3.8) is 0 Å². The molecule has 1 amide bonds. The van der Waals surface area contributed by atoms with Crippen LogP contribution in [0.5, 0.6) is 0 Å². The predicted molar refractivity (Wildman–Crippen MR) is 97.7 cm³/mol. The number of aromatic amines is 1. The number of imidazole rings is 1. The molecule has 0 fully saturated rings. The van der Waals surface area contributed by atoms with Crippen LogP contribution in [0.15, 0.2) is 61.2 Å². The molecular weight excluding hydrogens is 328 g/mol. The minimum absolute atomic E-state index is 0.0894. The maximum absolute atomic E-state index is 12.3. The van der Waals surface area contributed by atoms with E-state index in [1.807, 2.05) is 48.5 Å². The Kier molecular flexibility index (Phi) is 4.42. The van der Waals surface area contributed by atoms with Crippen LogP contribution in [0.4, 0.5) is 0 Å². The van der Waals surface area contributed by atoms with Crippen molar-refractivity contribution < 1.29 is 4.79 Å². The predicted octanol–water partition coefficient (Wildman–Crippen LogP) is 2.18. The third-order valence-electron chi connectivity index (χ3n) is 4.11. The standard InChI is InChI=1S/C19H18N6O/c26-19(15-7-5-14(6-8-15)11-25-13-20-12-22-25)21-10-9-18-23-16-3-1-2-4-17(16)24-18/h1-8,12-13H,9-11H2,(H,21,26)(H,23,24). The van der Waals surface area contributed by atoms with Gasteiger partial charge in [0.05, 0.1) is 17.6 Å². The lowest BCUT2D eigenvalue weighted by atomic mass is 10.1. The molecule has 0 radical (unpaired) electrons. The van der Waals surface area contributed by atoms with E-state index in [-0.39, 0.29) is 5.91 Å². The zero-order chi connectivity index (χ0) is 17.8. The number of amides is 1. The van der Waals surface area contributed by atoms with Crippen LogP contribution >= 0.6 is 0 Å². The number of fused-ring (bicyclic) bond motifs is 1. The van der Waals surface area contributed by atoms with Crippen molar-refractivity contribution in [1.29, 1.82) is 0 Å². The van der Waals surface area contributed by atoms with E-state index in [9.17, 15) is 4.79 Å². The molecule has 0 aliphatic heterocycles. The Morgan fingerprint density at radius 1 is 1.12 bits per heavy atom. The van der Waals surface area contributed by atoms with Gasteiger partial charge in [-0.25, -0.2) is 14.6 Å². The Morgan fingerprint density at radius 2 is 1.96 bits per heavy atom. The summed E-state index contributed by atoms with van der Waals surface area (Å²) in [6.07, 6.45) is 3.83. The van der Waals surface area contributed by atoms with Gasteiger partial charge >= 0.3 is 0 Å². The van der Waals surface area contributed by atoms with Crippen molar-refractivity contribution in [2.24, 2.45) is 0 Å². The van der Waals surface area contributed by atoms with Crippen LogP contribution in [0.2, 0.25) is 0 Å². The molecule has 0 spiro atoms. The third kappa shape index (κ3) is 3.61. The molecule has 0 aliphatic carbocycles. The van der Waals surface area contributed by atoms with E-state index in [1.54, 1.807) is 11.0 Å². The van der Waals surface area contributed by atoms with Crippen molar-refractivity contribution in [3.05, 3.63) is 78.1 Å². The van der Waals surface area contributed by atoms with Gasteiger partial charge in [0.1, 0.15) is 18.5 Å². The van der Waals surface area contributed by atoms with Gasteiger partial charge in [-0.3, -0.25) is 4.79 Å². The Bertz CT molecular complexity index is 971. The lowest BCUT2D eigenvalue weighted by Gasteiger charge is -2.06. The smallest absolute Gasteiger partial charge is 0.251 e. The van der Waals surface area contributed by atoms with E-state index in [0.717, 1.165) is 22.4 Å². The van der Waals surface area contributed by atoms with Gasteiger partial charge in [0.15, 0.2) is 0 Å². The van der Waals surface area contributed by atoms with Gasteiger partial charge in [0.2, 0.25) is 0 Å². The number of rotatable bonds is 6. The Balaban J connectivity index is 1.31. The summed E-state index contributed by atoms with van der Waals surface area (Å²) in [5, 5.41) is 7.00. The summed E-state index contributed by atoms with van der Waals surface area (Å²) in [5.74, 6) is 0.781. The van der Waals surface area contributed by atoms with Gasteiger partial charge in [-0.15, -0.1) is 0 Å². The highest BCUT2D eigenvalue weighted by molar-refractivity contribution is 5.94. The monoisotopic (exact) mass is 346 g/mol. The van der Waals surface area contributed by atoms with Crippen molar-refractivity contribution >= 4 is 16.9 Å². The quantitative estimate of drug-likeness (QED) is 0.560. The Hall–Kier alpha value is -3.48. The molecule has 4 aromatic rings. The number of nitrogens with zero attached hydrogens (tertiary/aromatic N) is 4. The molecule has 2 aromatic heterocycles. The van der Waals surface area contributed by atoms with E-state index in [1.165, 1.54) is 6.33 Å². The van der Waals surface area contributed by atoms with Gasteiger partial charge in [0, 0.05) is 18.5 Å². The Labute approximate surface area is 150 Å². The highest BCUT2D eigenvalue weighted by Gasteiger charge is 2.07. The number of benzene rings is 2. The van der Waals surface area contributed by atoms with Crippen molar-refractivity contribution in [3.8, 4) is 0 Å². The normalized spacial score (nSPS) is 10.9. The number of H-pyrrole nitrogens is 1. The fourth-order valence-electron chi connectivity index (χ4n) is 2.78. The molecule has 2 aromatic carbocycles. The van der Waals surface area contributed by atoms with E-state index in [0.29, 0.717) is 25.1 Å². The molecule has 26 heavy (non-hydrogen) atoms. The summed E-state index contributed by atoms with van der Waals surface area (Å²) < 4.78 is 1.74. The summed E-state index contributed by atoms with van der Waals surface area (Å²) in [7, 11) is 0. The first-order valence-corrected chi connectivity index (χ1v) is 8.41. The maximum Gasteiger partial charge on any atom is 0.251 e. The lowest BCUT2D eigenvalue weighted by Crippen LogP contribution is -2.25. The van der Waals surface area contributed by atoms with Crippen molar-refractivity contribution in [1.82, 2.24) is 30.0 Å². The first kappa shape index (κ1) is 16.0. The number of carbonyl (C=O) groups excluding carboxylic acids is 1. The first-order chi connectivity index (χ1) is 12.8. The van der Waals surface area contributed by atoms with E-state index >= 15 is 0 Å². The van der Waals surface area contributed by atoms with Crippen LogP contribution in [0.3, 0.4) is 0 Å². The third-order valence-corrected chi connectivity index (χ3v) is 4.11. The fraction of sp³-hybridized carbons (Fsp3) is 0.158. The fourth-order valence-corrected chi connectivity index (χ4v) is 2.78. The lowest BCUT2D eigenvalue weighted by molar-refractivity contribution is 0.0954. The molecule has 0 saturated carbocycles. The first-order valence-electron chi connectivity index (χ1n) is 8.41. The SMILES string of the molecule is O=C(NCCc1nc2ccccc2[nH]1)c1ccc(Cn2cncn2)cc1. The number of hydrogen-bond acceptors (Lipinski definition) is 4. The van der Waals surface area contributed by atoms with Gasteiger partial charge in [-0.2, -0.15) is 5.10 Å². The highest BCUT2D eigenvalue weighted by Crippen LogP contribution is 2.10. The zero-order valence-corrected chi connectivity index (χ0v) is 14.1. The summed E-state index contributed by atoms with van der Waals surface area (Å²) in [5.41, 5.74) is 3.65. The molecule has 0 saturated heterocycles. The van der Waals surface area contributed by atoms with Crippen molar-refractivity contribution in [2.45, 2.75) is 13.0 Å². The van der Waals surface area contributed by atoms with E-state index in [4.69, 9.17) is 0 Å². The molecular formula is C19H18N6O. The largest absolute Gasteiger partial charge is 0.352 e. The topological polar surface area (TPSA) is 88.5 Å². The minimum atomic E-state index is -0.0894. The van der Waals surface area contributed by atoms with Crippen LogP contribution < -0.4 is 5.32 Å². The molecule has 7 nitrogen and oxygen atoms in total. The molecule has 0 bridgehead atoms. The molecule has 4 rings (SSSR count). The minimum Gasteiger partial charge on any atom is -0.352 e. The van der Waals surface area contributed by atoms with Crippen LogP contribution in [0.1, 0.15) is 21.7 Å². The number of para-hydroxylation sites is 2. The van der Waals surface area contributed by atoms with E-state index < -0.39 is 0 Å². The summed E-state index contributed by atoms with van der Waals surface area (Å²) >= 11 is 0. The molecule has 130 valence electrons. The second kappa shape index (κ2) is 7.18. The van der Waals surface area contributed by atoms with Gasteiger partial charge in [-0.05, 0) is 29.8 Å². The van der Waals surface area contributed by atoms with Crippen LogP contribution in [-0.2, 0) is 13.0 Å². The van der Waals surface area contributed by atoms with Gasteiger partial charge in [-0.1, -0.05) is 24.3 Å². The summed E-state index contributed by atoms with van der Waals surface area (Å²) in [6, 6.07) is 15.4. The highest BCUT2D eigenvalue weighted by atomic mass is 16.1. The molecule has 0 unspecified atom stereocenters. The molecule has 0 atom stereocenters. The van der Waals surface area contributed by atoms with Gasteiger partial charge in [0.25, 0.3) is 5.91 Å². The molecule has 7 heteroatoms. The van der Waals surface area contributed by atoms with E-state index in [2.05, 4.69) is 25.4 Å². The summed E-state index contributed by atoms with van der Waals surface area (Å²) in [6.45, 7) is 1.16. The number of aromatic nitrogens is 5. The molecule has 0 aliphatic rings. The van der Waals surface area contributed by atoms with Gasteiger partial charge < -0.3 is 10.3 Å². The second-order valence-corrected chi connectivity index (χ2v) is 6.00. The molecule has 2 N–H and O–H groups in total. The number of hydrogen-bond donors (Lipinski definition) is 2. The second-order valence-electron chi connectivity index (χ2n) is 6.00. The average molecular weight is 346 g/mol. The van der Waals surface area contributed by atoms with Crippen molar-refractivity contribution in [2.75, 3.05) is 6.54 Å².